The lowest BCUT2D eigenvalue weighted by Crippen LogP contribution is -2.46. The minimum atomic E-state index is -0.745. The quantitative estimate of drug-likeness (QED) is 0.0366. The third-order valence-electron chi connectivity index (χ3n) is 11.8. The highest BCUT2D eigenvalue weighted by molar-refractivity contribution is 5.76. The molecule has 0 saturated carbocycles. The second-order valence-electron chi connectivity index (χ2n) is 17.4. The van der Waals surface area contributed by atoms with Crippen LogP contribution in [0.5, 0.6) is 0 Å². The molecule has 0 radical (unpaired) electrons. The lowest BCUT2D eigenvalue weighted by atomic mass is 10.0. The number of allylic oxidation sites excluding steroid dienone is 2. The Kier molecular flexibility index (Phi) is 45.0. The Bertz CT molecular complexity index is 773. The standard InChI is InChI=1S/C50H99NO4/c1-3-5-7-9-11-13-15-17-18-19-20-21-22-23-24-25-26-27-28-29-30-31-32-33-35-37-39-41-43-47(53)45-50(55)51-48(46-52)49(54)44-42-40-38-36-34-16-14-12-10-8-6-4-2/h23-24,47-49,52-54H,3-22,25-46H2,1-2H3,(H,51,55)/b24-23-. The molecule has 0 spiro atoms. The smallest absolute Gasteiger partial charge is 0.222 e. The van der Waals surface area contributed by atoms with E-state index in [1.54, 1.807) is 0 Å². The van der Waals surface area contributed by atoms with Crippen LogP contribution in [0.2, 0.25) is 0 Å². The van der Waals surface area contributed by atoms with E-state index < -0.39 is 18.2 Å². The van der Waals surface area contributed by atoms with Gasteiger partial charge in [-0.15, -0.1) is 0 Å². The molecule has 0 aromatic carbocycles. The maximum absolute atomic E-state index is 12.5. The monoisotopic (exact) mass is 778 g/mol. The molecule has 3 atom stereocenters. The van der Waals surface area contributed by atoms with Gasteiger partial charge in [0.2, 0.25) is 5.91 Å². The van der Waals surface area contributed by atoms with Gasteiger partial charge in [0.25, 0.3) is 0 Å². The van der Waals surface area contributed by atoms with Crippen LogP contribution in [0.3, 0.4) is 0 Å². The van der Waals surface area contributed by atoms with E-state index in [-0.39, 0.29) is 18.9 Å². The normalized spacial score (nSPS) is 13.5. The van der Waals surface area contributed by atoms with Crippen LogP contribution in [-0.4, -0.2) is 46.1 Å². The number of nitrogens with one attached hydrogen (secondary N) is 1. The Morgan fingerprint density at radius 2 is 0.727 bits per heavy atom. The average Bonchev–Trinajstić information content (AvgIpc) is 3.18. The maximum Gasteiger partial charge on any atom is 0.222 e. The minimum Gasteiger partial charge on any atom is -0.394 e. The van der Waals surface area contributed by atoms with Crippen LogP contribution in [0.15, 0.2) is 12.2 Å². The molecule has 0 saturated heterocycles. The van der Waals surface area contributed by atoms with E-state index in [4.69, 9.17) is 0 Å². The summed E-state index contributed by atoms with van der Waals surface area (Å²) in [5, 5.41) is 33.4. The van der Waals surface area contributed by atoms with Gasteiger partial charge >= 0.3 is 0 Å². The van der Waals surface area contributed by atoms with E-state index in [2.05, 4.69) is 31.3 Å². The molecule has 0 aliphatic heterocycles. The highest BCUT2D eigenvalue weighted by atomic mass is 16.3. The second-order valence-corrected chi connectivity index (χ2v) is 17.4. The van der Waals surface area contributed by atoms with Crippen LogP contribution in [0.1, 0.15) is 277 Å². The van der Waals surface area contributed by atoms with Crippen molar-refractivity contribution in [2.24, 2.45) is 0 Å². The van der Waals surface area contributed by atoms with Crippen molar-refractivity contribution < 1.29 is 20.1 Å². The summed E-state index contributed by atoms with van der Waals surface area (Å²) in [4.78, 5) is 12.5. The van der Waals surface area contributed by atoms with Gasteiger partial charge in [0, 0.05) is 0 Å². The Labute approximate surface area is 344 Å². The number of amides is 1. The summed E-state index contributed by atoms with van der Waals surface area (Å²) in [6.45, 7) is 4.28. The van der Waals surface area contributed by atoms with Gasteiger partial charge in [-0.05, 0) is 38.5 Å². The summed E-state index contributed by atoms with van der Waals surface area (Å²) in [7, 11) is 0. The fourth-order valence-corrected chi connectivity index (χ4v) is 7.99. The Hall–Kier alpha value is -0.910. The zero-order valence-electron chi connectivity index (χ0n) is 37.3. The average molecular weight is 778 g/mol. The molecule has 0 aromatic heterocycles. The van der Waals surface area contributed by atoms with Crippen molar-refractivity contribution in [1.29, 1.82) is 0 Å². The fraction of sp³-hybridized carbons (Fsp3) is 0.940. The molecule has 0 aromatic rings. The van der Waals surface area contributed by atoms with E-state index in [0.29, 0.717) is 12.8 Å². The summed E-state index contributed by atoms with van der Waals surface area (Å²) >= 11 is 0. The van der Waals surface area contributed by atoms with Gasteiger partial charge in [-0.3, -0.25) is 4.79 Å². The molecular formula is C50H99NO4. The molecular weight excluding hydrogens is 679 g/mol. The predicted octanol–water partition coefficient (Wildman–Crippen LogP) is 14.8. The Balaban J connectivity index is 3.49. The first-order valence-corrected chi connectivity index (χ1v) is 25.0. The third-order valence-corrected chi connectivity index (χ3v) is 11.8. The van der Waals surface area contributed by atoms with Gasteiger partial charge < -0.3 is 20.6 Å². The topological polar surface area (TPSA) is 89.8 Å². The number of carbonyl (C=O) groups excluding carboxylic acids is 1. The number of carbonyl (C=O) groups is 1. The first-order chi connectivity index (χ1) is 27.0. The van der Waals surface area contributed by atoms with E-state index >= 15 is 0 Å². The summed E-state index contributed by atoms with van der Waals surface area (Å²) in [6.07, 6.45) is 54.9. The van der Waals surface area contributed by atoms with Crippen LogP contribution >= 0.6 is 0 Å². The van der Waals surface area contributed by atoms with E-state index in [0.717, 1.165) is 25.7 Å². The number of aliphatic hydroxyl groups is 3. The van der Waals surface area contributed by atoms with Crippen molar-refractivity contribution in [2.45, 2.75) is 295 Å². The number of hydrogen-bond donors (Lipinski definition) is 4. The fourth-order valence-electron chi connectivity index (χ4n) is 7.99. The van der Waals surface area contributed by atoms with Crippen molar-refractivity contribution in [3.63, 3.8) is 0 Å². The van der Waals surface area contributed by atoms with Crippen LogP contribution in [0, 0.1) is 0 Å². The number of aliphatic hydroxyl groups excluding tert-OH is 3. The molecule has 328 valence electrons. The van der Waals surface area contributed by atoms with Gasteiger partial charge in [-0.1, -0.05) is 244 Å². The largest absolute Gasteiger partial charge is 0.394 e. The maximum atomic E-state index is 12.5. The number of hydrogen-bond acceptors (Lipinski definition) is 4. The Morgan fingerprint density at radius 3 is 1.05 bits per heavy atom. The predicted molar refractivity (Wildman–Crippen MR) is 241 cm³/mol. The summed E-state index contributed by atoms with van der Waals surface area (Å²) in [5.74, 6) is -0.280. The van der Waals surface area contributed by atoms with Gasteiger partial charge in [-0.2, -0.15) is 0 Å². The summed E-state index contributed by atoms with van der Waals surface area (Å²) < 4.78 is 0. The second kappa shape index (κ2) is 45.8. The van der Waals surface area contributed by atoms with Crippen LogP contribution < -0.4 is 5.32 Å². The van der Waals surface area contributed by atoms with Crippen molar-refractivity contribution in [3.8, 4) is 0 Å². The van der Waals surface area contributed by atoms with Crippen LogP contribution in [0.4, 0.5) is 0 Å². The van der Waals surface area contributed by atoms with Crippen LogP contribution in [-0.2, 0) is 4.79 Å². The van der Waals surface area contributed by atoms with Crippen molar-refractivity contribution in [2.75, 3.05) is 6.61 Å². The molecule has 4 N–H and O–H groups in total. The van der Waals surface area contributed by atoms with Crippen molar-refractivity contribution >= 4 is 5.91 Å². The summed E-state index contributed by atoms with van der Waals surface area (Å²) in [6, 6.07) is -0.654. The molecule has 5 heteroatoms. The van der Waals surface area contributed by atoms with Gasteiger partial charge in [0.1, 0.15) is 0 Å². The molecule has 0 aliphatic rings. The minimum absolute atomic E-state index is 0.0397. The Morgan fingerprint density at radius 1 is 0.436 bits per heavy atom. The molecule has 0 fully saturated rings. The third kappa shape index (κ3) is 42.5. The lowest BCUT2D eigenvalue weighted by molar-refractivity contribution is -0.125. The van der Waals surface area contributed by atoms with E-state index in [1.807, 2.05) is 0 Å². The first kappa shape index (κ1) is 54.1. The number of rotatable bonds is 46. The van der Waals surface area contributed by atoms with Crippen molar-refractivity contribution in [1.82, 2.24) is 5.32 Å². The highest BCUT2D eigenvalue weighted by Gasteiger charge is 2.21. The van der Waals surface area contributed by atoms with Gasteiger partial charge in [0.15, 0.2) is 0 Å². The zero-order valence-corrected chi connectivity index (χ0v) is 37.3. The van der Waals surface area contributed by atoms with Gasteiger partial charge in [0.05, 0.1) is 31.3 Å². The molecule has 0 rings (SSSR count). The van der Waals surface area contributed by atoms with Crippen molar-refractivity contribution in [3.05, 3.63) is 12.2 Å². The number of unbranched alkanes of at least 4 members (excludes halogenated alkanes) is 35. The molecule has 0 bridgehead atoms. The zero-order chi connectivity index (χ0) is 40.1. The molecule has 1 amide bonds. The van der Waals surface area contributed by atoms with E-state index in [1.165, 1.54) is 218 Å². The molecule has 5 nitrogen and oxygen atoms in total. The van der Waals surface area contributed by atoms with Crippen LogP contribution in [0.25, 0.3) is 0 Å². The molecule has 0 heterocycles. The highest BCUT2D eigenvalue weighted by Crippen LogP contribution is 2.17. The molecule has 55 heavy (non-hydrogen) atoms. The van der Waals surface area contributed by atoms with Gasteiger partial charge in [-0.25, -0.2) is 0 Å². The summed E-state index contributed by atoms with van der Waals surface area (Å²) in [5.41, 5.74) is 0. The molecule has 3 unspecified atom stereocenters. The first-order valence-electron chi connectivity index (χ1n) is 25.0. The van der Waals surface area contributed by atoms with E-state index in [9.17, 15) is 20.1 Å². The molecule has 0 aliphatic carbocycles. The lowest BCUT2D eigenvalue weighted by Gasteiger charge is -2.23. The SMILES string of the molecule is CCCCCCCCCCCCCC/C=C\CCCCCCCCCCCCCCC(O)CC(=O)NC(CO)C(O)CCCCCCCCCCCCCC.